The molecule has 0 aliphatic heterocycles. The number of halogens is 1. The monoisotopic (exact) mass is 550 g/mol. The number of aromatic carboxylic acids is 1. The molecule has 1 N–H and O–H groups in total. The van der Waals surface area contributed by atoms with Crippen molar-refractivity contribution in [3.63, 3.8) is 0 Å². The van der Waals surface area contributed by atoms with Crippen molar-refractivity contribution < 1.29 is 24.2 Å². The molecule has 0 amide bonds. The lowest BCUT2D eigenvalue weighted by Gasteiger charge is -2.15. The summed E-state index contributed by atoms with van der Waals surface area (Å²) in [6.07, 6.45) is 7.77. The number of carboxylic acid groups (broad SMARTS) is 1. The fourth-order valence-corrected chi connectivity index (χ4v) is 4.08. The van der Waals surface area contributed by atoms with Crippen LogP contribution in [0.1, 0.15) is 50.2 Å². The molecule has 0 saturated heterocycles. The van der Waals surface area contributed by atoms with Crippen LogP contribution in [0.25, 0.3) is 6.08 Å². The summed E-state index contributed by atoms with van der Waals surface area (Å²) in [6, 6.07) is 22.6. The maximum absolute atomic E-state index is 11.8. The van der Waals surface area contributed by atoms with E-state index in [0.29, 0.717) is 12.2 Å². The van der Waals surface area contributed by atoms with Crippen molar-refractivity contribution in [3.8, 4) is 5.75 Å². The lowest BCUT2D eigenvalue weighted by Crippen LogP contribution is -2.06. The quantitative estimate of drug-likeness (QED) is 0.143. The van der Waals surface area contributed by atoms with Crippen LogP contribution in [0.15, 0.2) is 78.9 Å². The average Bonchev–Trinajstić information content (AvgIpc) is 2.91. The van der Waals surface area contributed by atoms with Crippen LogP contribution in [0.3, 0.4) is 0 Å². The fraction of sp³-hybridized carbons (Fsp3) is 0.267. The van der Waals surface area contributed by atoms with Crippen molar-refractivity contribution in [2.24, 2.45) is 5.92 Å². The molecular weight excluding hydrogens is 520 g/mol. The van der Waals surface area contributed by atoms with E-state index in [1.807, 2.05) is 48.5 Å². The highest BCUT2D eigenvalue weighted by atomic mass is 79.9. The number of aryl methyl sites for hydroxylation is 1. The van der Waals surface area contributed by atoms with Gasteiger partial charge in [0.15, 0.2) is 0 Å². The first-order valence-corrected chi connectivity index (χ1v) is 13.1. The van der Waals surface area contributed by atoms with E-state index in [2.05, 4.69) is 28.1 Å². The van der Waals surface area contributed by atoms with Crippen molar-refractivity contribution >= 4 is 33.9 Å². The number of alkyl halides is 1. The number of esters is 1. The maximum Gasteiger partial charge on any atom is 0.337 e. The van der Waals surface area contributed by atoms with Crippen LogP contribution in [0.4, 0.5) is 0 Å². The maximum atomic E-state index is 11.8. The zero-order valence-electron chi connectivity index (χ0n) is 20.4. The summed E-state index contributed by atoms with van der Waals surface area (Å²) in [6.45, 7) is 0.651. The molecule has 3 aromatic rings. The number of carboxylic acids is 1. The predicted molar refractivity (Wildman–Crippen MR) is 146 cm³/mol. The SMILES string of the molecule is COC(=O)c1ccc(CC(C=Cc2ccccc2OCCCBr)CCc2ccc(C(=O)O)cc2)cc1. The lowest BCUT2D eigenvalue weighted by molar-refractivity contribution is 0.0599. The smallest absolute Gasteiger partial charge is 0.337 e. The molecule has 0 bridgehead atoms. The second kappa shape index (κ2) is 14.2. The Morgan fingerprint density at radius 2 is 1.61 bits per heavy atom. The summed E-state index contributed by atoms with van der Waals surface area (Å²) in [5, 5.41) is 10.0. The molecule has 36 heavy (non-hydrogen) atoms. The van der Waals surface area contributed by atoms with E-state index in [-0.39, 0.29) is 17.5 Å². The molecule has 0 heterocycles. The van der Waals surface area contributed by atoms with Crippen LogP contribution < -0.4 is 4.74 Å². The number of carbonyl (C=O) groups is 2. The molecule has 6 heteroatoms. The number of methoxy groups -OCH3 is 1. The molecule has 188 valence electrons. The number of ether oxygens (including phenoxy) is 2. The van der Waals surface area contributed by atoms with Gasteiger partial charge in [0.2, 0.25) is 0 Å². The Labute approximate surface area is 220 Å². The van der Waals surface area contributed by atoms with Crippen molar-refractivity contribution in [1.29, 1.82) is 0 Å². The van der Waals surface area contributed by atoms with Crippen molar-refractivity contribution in [2.75, 3.05) is 19.0 Å². The van der Waals surface area contributed by atoms with E-state index in [0.717, 1.165) is 53.5 Å². The zero-order chi connectivity index (χ0) is 25.8. The molecule has 0 radical (unpaired) electrons. The number of para-hydroxylation sites is 1. The molecule has 5 nitrogen and oxygen atoms in total. The van der Waals surface area contributed by atoms with Gasteiger partial charge >= 0.3 is 11.9 Å². The number of rotatable bonds is 13. The largest absolute Gasteiger partial charge is 0.493 e. The van der Waals surface area contributed by atoms with Crippen LogP contribution >= 0.6 is 15.9 Å². The van der Waals surface area contributed by atoms with Gasteiger partial charge in [0.25, 0.3) is 0 Å². The Morgan fingerprint density at radius 3 is 2.28 bits per heavy atom. The van der Waals surface area contributed by atoms with Crippen molar-refractivity contribution in [1.82, 2.24) is 0 Å². The molecule has 0 fully saturated rings. The van der Waals surface area contributed by atoms with E-state index < -0.39 is 5.97 Å². The molecular formula is C30H31BrO5. The van der Waals surface area contributed by atoms with Gasteiger partial charge in [0.05, 0.1) is 24.8 Å². The van der Waals surface area contributed by atoms with E-state index >= 15 is 0 Å². The van der Waals surface area contributed by atoms with Crippen LogP contribution in [0, 0.1) is 5.92 Å². The Kier molecular flexibility index (Phi) is 10.8. The molecule has 0 spiro atoms. The summed E-state index contributed by atoms with van der Waals surface area (Å²) in [4.78, 5) is 22.9. The minimum Gasteiger partial charge on any atom is -0.493 e. The number of allylic oxidation sites excluding steroid dienone is 1. The van der Waals surface area contributed by atoms with Crippen LogP contribution in [-0.4, -0.2) is 36.1 Å². The topological polar surface area (TPSA) is 72.8 Å². The van der Waals surface area contributed by atoms with Gasteiger partial charge in [0, 0.05) is 10.9 Å². The highest BCUT2D eigenvalue weighted by Crippen LogP contribution is 2.24. The van der Waals surface area contributed by atoms with Gasteiger partial charge in [-0.15, -0.1) is 0 Å². The van der Waals surface area contributed by atoms with Gasteiger partial charge < -0.3 is 14.6 Å². The van der Waals surface area contributed by atoms with Gasteiger partial charge in [0.1, 0.15) is 5.75 Å². The number of carbonyl (C=O) groups excluding carboxylic acids is 1. The third-order valence-corrected chi connectivity index (χ3v) is 6.44. The third-order valence-electron chi connectivity index (χ3n) is 5.88. The number of hydrogen-bond donors (Lipinski definition) is 1. The minimum absolute atomic E-state index is 0.226. The fourth-order valence-electron chi connectivity index (χ4n) is 3.86. The van der Waals surface area contributed by atoms with E-state index in [4.69, 9.17) is 14.6 Å². The van der Waals surface area contributed by atoms with Gasteiger partial charge in [-0.05, 0) is 73.1 Å². The summed E-state index contributed by atoms with van der Waals surface area (Å²) in [7, 11) is 1.38. The normalized spacial score (nSPS) is 11.8. The van der Waals surface area contributed by atoms with Gasteiger partial charge in [-0.25, -0.2) is 9.59 Å². The molecule has 0 saturated carbocycles. The van der Waals surface area contributed by atoms with E-state index in [1.54, 1.807) is 24.3 Å². The summed E-state index contributed by atoms with van der Waals surface area (Å²) in [5.74, 6) is -0.182. The van der Waals surface area contributed by atoms with Crippen molar-refractivity contribution in [2.45, 2.75) is 25.7 Å². The third kappa shape index (κ3) is 8.38. The molecule has 1 atom stereocenters. The Bertz CT molecular complexity index is 1150. The van der Waals surface area contributed by atoms with Crippen LogP contribution in [-0.2, 0) is 17.6 Å². The second-order valence-corrected chi connectivity index (χ2v) is 9.27. The van der Waals surface area contributed by atoms with Crippen LogP contribution in [0.5, 0.6) is 5.75 Å². The average molecular weight is 551 g/mol. The summed E-state index contributed by atoms with van der Waals surface area (Å²) in [5.41, 5.74) is 4.07. The summed E-state index contributed by atoms with van der Waals surface area (Å²) >= 11 is 3.44. The van der Waals surface area contributed by atoms with Crippen molar-refractivity contribution in [3.05, 3.63) is 107 Å². The number of benzene rings is 3. The van der Waals surface area contributed by atoms with Gasteiger partial charge in [-0.3, -0.25) is 0 Å². The lowest BCUT2D eigenvalue weighted by atomic mass is 9.91. The molecule has 0 aliphatic rings. The molecule has 0 aromatic heterocycles. The molecule has 3 aromatic carbocycles. The first-order chi connectivity index (χ1) is 17.5. The molecule has 0 aliphatic carbocycles. The second-order valence-electron chi connectivity index (χ2n) is 8.48. The van der Waals surface area contributed by atoms with Gasteiger partial charge in [-0.2, -0.15) is 0 Å². The molecule has 3 rings (SSSR count). The highest BCUT2D eigenvalue weighted by Gasteiger charge is 2.11. The van der Waals surface area contributed by atoms with Crippen LogP contribution in [0.2, 0.25) is 0 Å². The Morgan fingerprint density at radius 1 is 0.944 bits per heavy atom. The standard InChI is InChI=1S/C30H31BrO5/c1-35-30(34)27-17-12-24(13-18-27)21-23(8-7-22-9-15-26(16-10-22)29(32)33)11-14-25-5-2-3-6-28(25)36-20-4-19-31/h2-3,5-6,9-18,23H,4,7-8,19-21H2,1H3,(H,32,33). The van der Waals surface area contributed by atoms with Gasteiger partial charge in [-0.1, -0.05) is 70.5 Å². The summed E-state index contributed by atoms with van der Waals surface area (Å²) < 4.78 is 10.8. The number of hydrogen-bond acceptors (Lipinski definition) is 4. The van der Waals surface area contributed by atoms with E-state index in [1.165, 1.54) is 7.11 Å². The van der Waals surface area contributed by atoms with E-state index in [9.17, 15) is 9.59 Å². The predicted octanol–water partition coefficient (Wildman–Crippen LogP) is 6.84. The zero-order valence-corrected chi connectivity index (χ0v) is 21.9. The minimum atomic E-state index is -0.922. The first-order valence-electron chi connectivity index (χ1n) is 12.0. The Balaban J connectivity index is 1.76. The highest BCUT2D eigenvalue weighted by molar-refractivity contribution is 9.09. The Hall–Kier alpha value is -3.38. The molecule has 1 unspecified atom stereocenters. The first kappa shape index (κ1) is 27.2.